The number of fused-ring (bicyclic) bond motifs is 2. The molecule has 4 aromatic rings. The summed E-state index contributed by atoms with van der Waals surface area (Å²) in [6, 6.07) is 5.53. The lowest BCUT2D eigenvalue weighted by atomic mass is 9.94. The summed E-state index contributed by atoms with van der Waals surface area (Å²) in [4.78, 5) is 18.1. The summed E-state index contributed by atoms with van der Waals surface area (Å²) in [6.45, 7) is 6.29. The highest BCUT2D eigenvalue weighted by molar-refractivity contribution is 6.03. The summed E-state index contributed by atoms with van der Waals surface area (Å²) in [5.74, 6) is 1.27. The van der Waals surface area contributed by atoms with Gasteiger partial charge in [-0.05, 0) is 82.1 Å². The Labute approximate surface area is 254 Å². The van der Waals surface area contributed by atoms with Crippen molar-refractivity contribution in [2.45, 2.75) is 51.0 Å². The number of aromatic hydroxyl groups is 1. The largest absolute Gasteiger partial charge is 0.508 e. The van der Waals surface area contributed by atoms with Crippen molar-refractivity contribution in [3.05, 3.63) is 47.7 Å². The predicted octanol–water partition coefficient (Wildman–Crippen LogP) is 5.42. The smallest absolute Gasteiger partial charge is 0.319 e. The van der Waals surface area contributed by atoms with Gasteiger partial charge in [-0.15, -0.1) is 6.42 Å². The highest BCUT2D eigenvalue weighted by Gasteiger charge is 2.45. The number of hydrogen-bond donors (Lipinski definition) is 2. The zero-order chi connectivity index (χ0) is 30.6. The summed E-state index contributed by atoms with van der Waals surface area (Å²) in [5.41, 5.74) is -0.941. The molecular weight excluding hydrogens is 564 g/mol. The van der Waals surface area contributed by atoms with E-state index in [1.807, 2.05) is 4.90 Å². The lowest BCUT2D eigenvalue weighted by Crippen LogP contribution is -2.46. The van der Waals surface area contributed by atoms with Crippen molar-refractivity contribution in [1.82, 2.24) is 19.9 Å². The van der Waals surface area contributed by atoms with Crippen molar-refractivity contribution < 1.29 is 23.7 Å². The fourth-order valence-corrected chi connectivity index (χ4v) is 6.83. The molecule has 3 fully saturated rings. The number of benzene rings is 2. The number of piperidine rings is 1. The molecule has 1 saturated carbocycles. The number of halogens is 2. The Balaban J connectivity index is 1.35. The number of pyridine rings is 1. The lowest BCUT2D eigenvalue weighted by Gasteiger charge is -2.37. The molecule has 0 radical (unpaired) electrons. The highest BCUT2D eigenvalue weighted by atomic mass is 19.1. The molecule has 0 bridgehead atoms. The van der Waals surface area contributed by atoms with E-state index in [0.29, 0.717) is 42.7 Å². The zero-order valence-corrected chi connectivity index (χ0v) is 24.7. The fourth-order valence-electron chi connectivity index (χ4n) is 6.83. The van der Waals surface area contributed by atoms with Crippen LogP contribution in [0, 0.1) is 29.4 Å². The molecule has 4 heterocycles. The SMILES string of the molecule is C#Cc1c(F)ccc2cc(O)cc(-c3ncc4c(N5CCC[C@@](C)(O)C5)nc(OCC5(CN6CCCC6)CC5)nc4c3F)c12. The summed E-state index contributed by atoms with van der Waals surface area (Å²) >= 11 is 0. The van der Waals surface area contributed by atoms with E-state index in [1.54, 1.807) is 6.92 Å². The average Bonchev–Trinajstić information content (AvgIpc) is 3.57. The Morgan fingerprint density at radius 3 is 2.59 bits per heavy atom. The first-order valence-electron chi connectivity index (χ1n) is 15.3. The van der Waals surface area contributed by atoms with Crippen molar-refractivity contribution >= 4 is 27.5 Å². The van der Waals surface area contributed by atoms with Crippen molar-refractivity contribution in [3.8, 4) is 35.4 Å². The van der Waals surface area contributed by atoms with Gasteiger partial charge in [0.25, 0.3) is 0 Å². The van der Waals surface area contributed by atoms with E-state index in [1.165, 1.54) is 43.3 Å². The van der Waals surface area contributed by atoms with E-state index in [2.05, 4.69) is 20.8 Å². The van der Waals surface area contributed by atoms with E-state index in [9.17, 15) is 14.6 Å². The van der Waals surface area contributed by atoms with Crippen LogP contribution in [-0.2, 0) is 0 Å². The van der Waals surface area contributed by atoms with Crippen molar-refractivity contribution in [2.75, 3.05) is 44.2 Å². The zero-order valence-electron chi connectivity index (χ0n) is 24.7. The normalized spacial score (nSPS) is 21.6. The van der Waals surface area contributed by atoms with Crippen LogP contribution in [0.2, 0.25) is 0 Å². The summed E-state index contributed by atoms with van der Waals surface area (Å²) < 4.78 is 37.7. The third kappa shape index (κ3) is 5.29. The van der Waals surface area contributed by atoms with Crippen LogP contribution in [0.25, 0.3) is 32.9 Å². The molecule has 2 aromatic heterocycles. The molecular formula is C34H35F2N5O3. The number of phenols is 1. The second kappa shape index (κ2) is 10.8. The molecule has 3 aliphatic rings. The number of rotatable bonds is 7. The van der Waals surface area contributed by atoms with Crippen molar-refractivity contribution in [3.63, 3.8) is 0 Å². The van der Waals surface area contributed by atoms with Crippen LogP contribution in [0.1, 0.15) is 51.0 Å². The van der Waals surface area contributed by atoms with Gasteiger partial charge in [-0.3, -0.25) is 4.98 Å². The molecule has 10 heteroatoms. The number of aliphatic hydroxyl groups is 1. The van der Waals surface area contributed by atoms with Crippen LogP contribution < -0.4 is 9.64 Å². The molecule has 0 unspecified atom stereocenters. The second-order valence-corrected chi connectivity index (χ2v) is 13.0. The Morgan fingerprint density at radius 1 is 1.07 bits per heavy atom. The van der Waals surface area contributed by atoms with Gasteiger partial charge >= 0.3 is 6.01 Å². The Hall–Kier alpha value is -4.07. The number of phenolic OH excluding ortho intramolecular Hbond substituents is 1. The van der Waals surface area contributed by atoms with Crippen LogP contribution in [0.5, 0.6) is 11.8 Å². The number of anilines is 1. The Bertz CT molecular complexity index is 1810. The molecule has 2 aromatic carbocycles. The quantitative estimate of drug-likeness (QED) is 0.272. The first-order valence-corrected chi connectivity index (χ1v) is 15.3. The summed E-state index contributed by atoms with van der Waals surface area (Å²) in [6.07, 6.45) is 13.1. The summed E-state index contributed by atoms with van der Waals surface area (Å²) in [5, 5.41) is 22.4. The van der Waals surface area contributed by atoms with Gasteiger partial charge in [-0.1, -0.05) is 12.0 Å². The van der Waals surface area contributed by atoms with Crippen LogP contribution in [0.3, 0.4) is 0 Å². The molecule has 44 heavy (non-hydrogen) atoms. The minimum absolute atomic E-state index is 0.0141. The number of nitrogens with zero attached hydrogens (tertiary/aromatic N) is 5. The summed E-state index contributed by atoms with van der Waals surface area (Å²) in [7, 11) is 0. The van der Waals surface area contributed by atoms with Gasteiger partial charge in [0.15, 0.2) is 5.82 Å². The van der Waals surface area contributed by atoms with Crippen LogP contribution >= 0.6 is 0 Å². The van der Waals surface area contributed by atoms with Crippen LogP contribution in [-0.4, -0.2) is 75.0 Å². The van der Waals surface area contributed by atoms with Gasteiger partial charge in [0.2, 0.25) is 0 Å². The number of likely N-dealkylation sites (tertiary alicyclic amines) is 1. The van der Waals surface area contributed by atoms with Gasteiger partial charge in [0.1, 0.15) is 28.6 Å². The van der Waals surface area contributed by atoms with Gasteiger partial charge in [-0.2, -0.15) is 9.97 Å². The van der Waals surface area contributed by atoms with E-state index in [0.717, 1.165) is 38.9 Å². The standard InChI is InChI=1S/C34H35F2N5O3/c1-3-23-26(35)8-7-21-15-22(42)16-24(27(21)23)29-28(36)30-25(17-37-29)31(41-14-6-9-33(2,43)18-41)39-32(38-30)44-20-34(10-11-34)19-40-12-4-5-13-40/h1,7-8,15-17,42-43H,4-6,9-14,18-20H2,2H3/t33-/m1/s1. The molecule has 1 atom stereocenters. The topological polar surface area (TPSA) is 94.8 Å². The maximum atomic E-state index is 16.7. The molecule has 7 rings (SSSR count). The number of terminal acetylenes is 1. The number of aromatic nitrogens is 3. The molecule has 1 aliphatic carbocycles. The van der Waals surface area contributed by atoms with Crippen molar-refractivity contribution in [2.24, 2.45) is 5.41 Å². The predicted molar refractivity (Wildman–Crippen MR) is 165 cm³/mol. The number of ether oxygens (including phenoxy) is 1. The first kappa shape index (κ1) is 28.7. The molecule has 228 valence electrons. The minimum atomic E-state index is -0.938. The second-order valence-electron chi connectivity index (χ2n) is 13.0. The Kier molecular flexibility index (Phi) is 7.06. The fraction of sp³-hybridized carbons (Fsp3) is 0.441. The Morgan fingerprint density at radius 2 is 1.86 bits per heavy atom. The maximum Gasteiger partial charge on any atom is 0.319 e. The highest BCUT2D eigenvalue weighted by Crippen LogP contribution is 2.47. The van der Waals surface area contributed by atoms with Crippen molar-refractivity contribution in [1.29, 1.82) is 0 Å². The van der Waals surface area contributed by atoms with E-state index in [-0.39, 0.29) is 44.9 Å². The van der Waals surface area contributed by atoms with Crippen LogP contribution in [0.4, 0.5) is 14.6 Å². The van der Waals surface area contributed by atoms with E-state index >= 15 is 4.39 Å². The third-order valence-corrected chi connectivity index (χ3v) is 9.29. The maximum absolute atomic E-state index is 16.7. The van der Waals surface area contributed by atoms with Gasteiger partial charge in [-0.25, -0.2) is 8.78 Å². The lowest BCUT2D eigenvalue weighted by molar-refractivity contribution is 0.0447. The van der Waals surface area contributed by atoms with Gasteiger partial charge in [0.05, 0.1) is 23.2 Å². The third-order valence-electron chi connectivity index (χ3n) is 9.29. The number of β-amino-alcohol motifs (C(OH)–C–C–N with tert-alkyl or cyclic N) is 1. The van der Waals surface area contributed by atoms with Gasteiger partial charge < -0.3 is 24.7 Å². The first-order chi connectivity index (χ1) is 21.2. The molecule has 8 nitrogen and oxygen atoms in total. The average molecular weight is 600 g/mol. The minimum Gasteiger partial charge on any atom is -0.508 e. The molecule has 2 saturated heterocycles. The number of hydrogen-bond acceptors (Lipinski definition) is 8. The molecule has 0 spiro atoms. The molecule has 2 aliphatic heterocycles. The molecule has 0 amide bonds. The van der Waals surface area contributed by atoms with Gasteiger partial charge in [0, 0.05) is 42.2 Å². The monoisotopic (exact) mass is 599 g/mol. The van der Waals surface area contributed by atoms with E-state index < -0.39 is 17.2 Å². The molecule has 2 N–H and O–H groups in total. The van der Waals surface area contributed by atoms with E-state index in [4.69, 9.17) is 16.1 Å². The van der Waals surface area contributed by atoms with Crippen LogP contribution in [0.15, 0.2) is 30.5 Å².